The lowest BCUT2D eigenvalue weighted by Gasteiger charge is -2.36. The van der Waals surface area contributed by atoms with Crippen molar-refractivity contribution < 1.29 is 4.79 Å². The van der Waals surface area contributed by atoms with Gasteiger partial charge < -0.3 is 10.3 Å². The van der Waals surface area contributed by atoms with Crippen molar-refractivity contribution in [2.45, 2.75) is 44.2 Å². The van der Waals surface area contributed by atoms with E-state index in [0.29, 0.717) is 6.54 Å². The molecule has 1 fully saturated rings. The Hall–Kier alpha value is -2.21. The van der Waals surface area contributed by atoms with Gasteiger partial charge in [-0.2, -0.15) is 0 Å². The first-order valence-corrected chi connectivity index (χ1v) is 8.60. The van der Waals surface area contributed by atoms with Gasteiger partial charge in [0.15, 0.2) is 0 Å². The number of nitrogens with zero attached hydrogens (tertiary/aromatic N) is 3. The van der Waals surface area contributed by atoms with Gasteiger partial charge in [-0.3, -0.25) is 14.7 Å². The number of aryl methyl sites for hydroxylation is 1. The fraction of sp³-hybridized carbons (Fsp3) is 0.500. The van der Waals surface area contributed by atoms with Gasteiger partial charge in [0.25, 0.3) is 0 Å². The highest BCUT2D eigenvalue weighted by atomic mass is 16.2. The van der Waals surface area contributed by atoms with Gasteiger partial charge >= 0.3 is 0 Å². The standard InChI is InChI=1S/C18H25N5O/c1-19-17(24)18(8-4-7-15-6-2-3-10-20-15)9-5-13-23(18)14-16-21-11-12-22-16/h2-3,6,10-12H,4-5,7-9,13-14H2,1H3,(H,19,24)(H,21,22). The molecule has 0 radical (unpaired) electrons. The summed E-state index contributed by atoms with van der Waals surface area (Å²) in [6.45, 7) is 1.61. The molecule has 6 nitrogen and oxygen atoms in total. The number of pyridine rings is 1. The van der Waals surface area contributed by atoms with Crippen LogP contribution in [0.15, 0.2) is 36.8 Å². The molecule has 2 N–H and O–H groups in total. The molecule has 1 amide bonds. The maximum absolute atomic E-state index is 12.7. The van der Waals surface area contributed by atoms with Gasteiger partial charge in [-0.1, -0.05) is 6.07 Å². The number of carbonyl (C=O) groups excluding carboxylic acids is 1. The number of hydrogen-bond donors (Lipinski definition) is 2. The number of aromatic amines is 1. The van der Waals surface area contributed by atoms with Crippen LogP contribution in [-0.2, 0) is 17.8 Å². The quantitative estimate of drug-likeness (QED) is 0.815. The van der Waals surface area contributed by atoms with Crippen molar-refractivity contribution in [2.75, 3.05) is 13.6 Å². The summed E-state index contributed by atoms with van der Waals surface area (Å²) in [7, 11) is 1.73. The molecule has 0 spiro atoms. The largest absolute Gasteiger partial charge is 0.358 e. The molecule has 0 aliphatic carbocycles. The van der Waals surface area contributed by atoms with E-state index in [-0.39, 0.29) is 5.91 Å². The van der Waals surface area contributed by atoms with E-state index >= 15 is 0 Å². The maximum Gasteiger partial charge on any atom is 0.240 e. The lowest BCUT2D eigenvalue weighted by atomic mass is 9.88. The average Bonchev–Trinajstić information content (AvgIpc) is 3.26. The SMILES string of the molecule is CNC(=O)C1(CCCc2ccccn2)CCCN1Cc1ncc[nH]1. The normalized spacial score (nSPS) is 21.0. The number of aromatic nitrogens is 3. The molecular formula is C18H25N5O. The Labute approximate surface area is 142 Å². The molecule has 128 valence electrons. The minimum Gasteiger partial charge on any atom is -0.358 e. The van der Waals surface area contributed by atoms with Crippen molar-refractivity contribution in [1.82, 2.24) is 25.2 Å². The molecule has 1 saturated heterocycles. The number of hydrogen-bond acceptors (Lipinski definition) is 4. The van der Waals surface area contributed by atoms with E-state index in [1.807, 2.05) is 30.6 Å². The number of H-pyrrole nitrogens is 1. The molecule has 1 atom stereocenters. The molecule has 3 heterocycles. The fourth-order valence-corrected chi connectivity index (χ4v) is 3.72. The van der Waals surface area contributed by atoms with Crippen molar-refractivity contribution in [3.63, 3.8) is 0 Å². The summed E-state index contributed by atoms with van der Waals surface area (Å²) in [5, 5.41) is 2.88. The van der Waals surface area contributed by atoms with Crippen molar-refractivity contribution in [3.8, 4) is 0 Å². The van der Waals surface area contributed by atoms with Crippen LogP contribution in [0.3, 0.4) is 0 Å². The molecule has 2 aromatic rings. The minimum atomic E-state index is -0.434. The summed E-state index contributed by atoms with van der Waals surface area (Å²) in [5.74, 6) is 1.03. The van der Waals surface area contributed by atoms with Crippen LogP contribution in [-0.4, -0.2) is 44.9 Å². The highest BCUT2D eigenvalue weighted by molar-refractivity contribution is 5.86. The van der Waals surface area contributed by atoms with Gasteiger partial charge in [0.2, 0.25) is 5.91 Å². The van der Waals surface area contributed by atoms with Crippen LogP contribution in [0.25, 0.3) is 0 Å². The van der Waals surface area contributed by atoms with E-state index < -0.39 is 5.54 Å². The number of likely N-dealkylation sites (tertiary alicyclic amines) is 1. The van der Waals surface area contributed by atoms with Crippen molar-refractivity contribution in [2.24, 2.45) is 0 Å². The molecule has 0 saturated carbocycles. The zero-order valence-electron chi connectivity index (χ0n) is 14.2. The molecule has 0 aromatic carbocycles. The summed E-state index contributed by atoms with van der Waals surface area (Å²) in [5.41, 5.74) is 0.649. The molecule has 0 bridgehead atoms. The van der Waals surface area contributed by atoms with Crippen LogP contribution in [0, 0.1) is 0 Å². The third-order valence-electron chi connectivity index (χ3n) is 4.92. The fourth-order valence-electron chi connectivity index (χ4n) is 3.72. The first-order valence-electron chi connectivity index (χ1n) is 8.60. The smallest absolute Gasteiger partial charge is 0.240 e. The topological polar surface area (TPSA) is 73.9 Å². The van der Waals surface area contributed by atoms with Gasteiger partial charge in [0, 0.05) is 31.3 Å². The van der Waals surface area contributed by atoms with E-state index in [4.69, 9.17) is 0 Å². The highest BCUT2D eigenvalue weighted by Gasteiger charge is 2.46. The van der Waals surface area contributed by atoms with E-state index in [1.54, 1.807) is 13.2 Å². The maximum atomic E-state index is 12.7. The van der Waals surface area contributed by atoms with E-state index in [1.165, 1.54) is 0 Å². The Morgan fingerprint density at radius 3 is 3.00 bits per heavy atom. The number of likely N-dealkylation sites (N-methyl/N-ethyl adjacent to an activating group) is 1. The molecule has 6 heteroatoms. The van der Waals surface area contributed by atoms with E-state index in [9.17, 15) is 4.79 Å². The zero-order valence-corrected chi connectivity index (χ0v) is 14.2. The van der Waals surface area contributed by atoms with E-state index in [2.05, 4.69) is 25.2 Å². The Morgan fingerprint density at radius 1 is 1.38 bits per heavy atom. The summed E-state index contributed by atoms with van der Waals surface area (Å²) < 4.78 is 0. The number of amides is 1. The number of imidazole rings is 1. The second-order valence-electron chi connectivity index (χ2n) is 6.35. The summed E-state index contributed by atoms with van der Waals surface area (Å²) in [6, 6.07) is 5.98. The molecule has 24 heavy (non-hydrogen) atoms. The van der Waals surface area contributed by atoms with Crippen LogP contribution in [0.1, 0.15) is 37.2 Å². The van der Waals surface area contributed by atoms with Gasteiger partial charge in [-0.05, 0) is 50.8 Å². The lowest BCUT2D eigenvalue weighted by Crippen LogP contribution is -2.54. The Morgan fingerprint density at radius 2 is 2.29 bits per heavy atom. The van der Waals surface area contributed by atoms with Gasteiger partial charge in [0.05, 0.1) is 6.54 Å². The molecule has 1 aliphatic heterocycles. The number of carbonyl (C=O) groups is 1. The second-order valence-corrected chi connectivity index (χ2v) is 6.35. The van der Waals surface area contributed by atoms with Crippen LogP contribution in [0.4, 0.5) is 0 Å². The first-order chi connectivity index (χ1) is 11.7. The summed E-state index contributed by atoms with van der Waals surface area (Å²) in [6.07, 6.45) is 10.0. The third-order valence-corrected chi connectivity index (χ3v) is 4.92. The van der Waals surface area contributed by atoms with Crippen LogP contribution >= 0.6 is 0 Å². The molecule has 3 rings (SSSR count). The van der Waals surface area contributed by atoms with Gasteiger partial charge in [-0.15, -0.1) is 0 Å². The van der Waals surface area contributed by atoms with Gasteiger partial charge in [0.1, 0.15) is 11.4 Å². The predicted octanol–water partition coefficient (Wildman–Crippen LogP) is 1.91. The monoisotopic (exact) mass is 327 g/mol. The predicted molar refractivity (Wildman–Crippen MR) is 92.2 cm³/mol. The Balaban J connectivity index is 1.70. The molecule has 1 unspecified atom stereocenters. The minimum absolute atomic E-state index is 0.118. The zero-order chi connectivity index (χ0) is 16.8. The number of nitrogens with one attached hydrogen (secondary N) is 2. The lowest BCUT2D eigenvalue weighted by molar-refractivity contribution is -0.132. The van der Waals surface area contributed by atoms with Crippen molar-refractivity contribution in [3.05, 3.63) is 48.3 Å². The summed E-state index contributed by atoms with van der Waals surface area (Å²) >= 11 is 0. The Bertz CT molecular complexity index is 643. The molecule has 2 aromatic heterocycles. The second kappa shape index (κ2) is 7.57. The van der Waals surface area contributed by atoms with Gasteiger partial charge in [-0.25, -0.2) is 4.98 Å². The van der Waals surface area contributed by atoms with Crippen LogP contribution in [0.2, 0.25) is 0 Å². The third kappa shape index (κ3) is 3.48. The van der Waals surface area contributed by atoms with Crippen LogP contribution in [0.5, 0.6) is 0 Å². The Kier molecular flexibility index (Phi) is 5.25. The number of rotatable bonds is 7. The molecule has 1 aliphatic rings. The first kappa shape index (κ1) is 16.6. The van der Waals surface area contributed by atoms with Crippen molar-refractivity contribution >= 4 is 5.91 Å². The van der Waals surface area contributed by atoms with E-state index in [0.717, 1.165) is 50.2 Å². The van der Waals surface area contributed by atoms with Crippen LogP contribution < -0.4 is 5.32 Å². The van der Waals surface area contributed by atoms with Crippen molar-refractivity contribution in [1.29, 1.82) is 0 Å². The average molecular weight is 327 g/mol. The highest BCUT2D eigenvalue weighted by Crippen LogP contribution is 2.35. The molecular weight excluding hydrogens is 302 g/mol. The summed E-state index contributed by atoms with van der Waals surface area (Å²) in [4.78, 5) is 26.8.